The maximum atomic E-state index is 12.7. The minimum Gasteiger partial charge on any atom is -0.372 e. The Balaban J connectivity index is 1.62. The predicted octanol–water partition coefficient (Wildman–Crippen LogP) is 2.15. The van der Waals surface area contributed by atoms with Gasteiger partial charge in [0.05, 0.1) is 17.2 Å². The summed E-state index contributed by atoms with van der Waals surface area (Å²) in [6, 6.07) is 6.91. The number of thiazole rings is 1. The summed E-state index contributed by atoms with van der Waals surface area (Å²) < 4.78 is 5.67. The Morgan fingerprint density at radius 1 is 1.26 bits per heavy atom. The van der Waals surface area contributed by atoms with Crippen molar-refractivity contribution in [2.45, 2.75) is 32.5 Å². The van der Waals surface area contributed by atoms with Crippen molar-refractivity contribution < 1.29 is 14.3 Å². The van der Waals surface area contributed by atoms with E-state index in [2.05, 4.69) is 10.3 Å². The molecule has 1 fully saturated rings. The number of hydrogen-bond donors (Lipinski definition) is 2. The van der Waals surface area contributed by atoms with E-state index in [1.807, 2.05) is 13.8 Å². The van der Waals surface area contributed by atoms with Gasteiger partial charge in [0.1, 0.15) is 5.69 Å². The minimum absolute atomic E-state index is 0.0264. The molecule has 1 saturated heterocycles. The Hall–Kier alpha value is -2.29. The molecule has 0 saturated carbocycles. The van der Waals surface area contributed by atoms with Gasteiger partial charge in [-0.1, -0.05) is 0 Å². The molecule has 1 aromatic carbocycles. The number of benzene rings is 1. The first kappa shape index (κ1) is 19.5. The van der Waals surface area contributed by atoms with Crippen LogP contribution in [0, 0.1) is 0 Å². The number of rotatable bonds is 5. The second kappa shape index (κ2) is 8.60. The lowest BCUT2D eigenvalue weighted by atomic mass is 10.1. The van der Waals surface area contributed by atoms with E-state index in [9.17, 15) is 9.59 Å². The monoisotopic (exact) mass is 388 g/mol. The zero-order chi connectivity index (χ0) is 19.4. The van der Waals surface area contributed by atoms with Gasteiger partial charge in [0.2, 0.25) is 0 Å². The average Bonchev–Trinajstić information content (AvgIpc) is 3.10. The van der Waals surface area contributed by atoms with Crippen molar-refractivity contribution >= 4 is 28.8 Å². The predicted molar refractivity (Wildman–Crippen MR) is 105 cm³/mol. The van der Waals surface area contributed by atoms with E-state index >= 15 is 0 Å². The van der Waals surface area contributed by atoms with Crippen LogP contribution in [0.3, 0.4) is 0 Å². The molecular weight excluding hydrogens is 364 g/mol. The lowest BCUT2D eigenvalue weighted by molar-refractivity contribution is -0.0586. The molecule has 0 bridgehead atoms. The molecule has 2 heterocycles. The van der Waals surface area contributed by atoms with Crippen molar-refractivity contribution in [3.8, 4) is 0 Å². The van der Waals surface area contributed by atoms with Crippen LogP contribution >= 0.6 is 11.3 Å². The number of anilines is 1. The van der Waals surface area contributed by atoms with Gasteiger partial charge in [-0.3, -0.25) is 9.59 Å². The van der Waals surface area contributed by atoms with Gasteiger partial charge in [0.25, 0.3) is 11.8 Å². The van der Waals surface area contributed by atoms with E-state index in [1.165, 1.54) is 11.3 Å². The molecule has 0 aliphatic carbocycles. The molecule has 0 spiro atoms. The van der Waals surface area contributed by atoms with E-state index in [1.54, 1.807) is 34.5 Å². The summed E-state index contributed by atoms with van der Waals surface area (Å²) in [4.78, 5) is 31.0. The van der Waals surface area contributed by atoms with E-state index in [-0.39, 0.29) is 24.0 Å². The quantitative estimate of drug-likeness (QED) is 0.818. The molecule has 2 aromatic rings. The molecule has 2 unspecified atom stereocenters. The summed E-state index contributed by atoms with van der Waals surface area (Å²) in [7, 11) is 0. The Bertz CT molecular complexity index is 796. The second-order valence-corrected chi connectivity index (χ2v) is 7.61. The summed E-state index contributed by atoms with van der Waals surface area (Å²) in [6.45, 7) is 5.59. The number of ether oxygens (including phenoxy) is 1. The SMILES string of the molecule is CC1CN(C(=O)c2ccc(NC(=O)c3csc(CCN)n3)cc2)CC(C)O1. The fourth-order valence-electron chi connectivity index (χ4n) is 3.07. The third-order valence-corrected chi connectivity index (χ3v) is 5.15. The summed E-state index contributed by atoms with van der Waals surface area (Å²) in [5.74, 6) is -0.301. The highest BCUT2D eigenvalue weighted by Crippen LogP contribution is 2.17. The van der Waals surface area contributed by atoms with E-state index in [0.29, 0.717) is 43.0 Å². The molecule has 27 heavy (non-hydrogen) atoms. The van der Waals surface area contributed by atoms with Crippen LogP contribution in [0.15, 0.2) is 29.6 Å². The van der Waals surface area contributed by atoms with Crippen molar-refractivity contribution in [2.75, 3.05) is 25.0 Å². The Kier molecular flexibility index (Phi) is 6.20. The normalized spacial score (nSPS) is 19.7. The van der Waals surface area contributed by atoms with Crippen molar-refractivity contribution in [1.29, 1.82) is 0 Å². The number of nitrogens with one attached hydrogen (secondary N) is 1. The van der Waals surface area contributed by atoms with Crippen LogP contribution in [0.5, 0.6) is 0 Å². The molecule has 1 aliphatic rings. The van der Waals surface area contributed by atoms with Gasteiger partial charge in [0.15, 0.2) is 0 Å². The summed E-state index contributed by atoms with van der Waals surface area (Å²) in [5.41, 5.74) is 7.09. The highest BCUT2D eigenvalue weighted by molar-refractivity contribution is 7.09. The standard InChI is InChI=1S/C19H24N4O3S/c1-12-9-23(10-13(2)26-12)19(25)14-3-5-15(6-4-14)21-18(24)16-11-27-17(22-16)7-8-20/h3-6,11-13H,7-10,20H2,1-2H3,(H,21,24). The third kappa shape index (κ3) is 4.91. The van der Waals surface area contributed by atoms with E-state index in [4.69, 9.17) is 10.5 Å². The minimum atomic E-state index is -0.274. The number of hydrogen-bond acceptors (Lipinski definition) is 6. The molecule has 7 nitrogen and oxygen atoms in total. The number of aromatic nitrogens is 1. The average molecular weight is 388 g/mol. The first-order valence-electron chi connectivity index (χ1n) is 8.97. The molecular formula is C19H24N4O3S. The zero-order valence-electron chi connectivity index (χ0n) is 15.5. The van der Waals surface area contributed by atoms with Crippen molar-refractivity contribution in [3.05, 3.63) is 45.9 Å². The third-order valence-electron chi connectivity index (χ3n) is 4.24. The summed E-state index contributed by atoms with van der Waals surface area (Å²) >= 11 is 1.42. The van der Waals surface area contributed by atoms with E-state index in [0.717, 1.165) is 5.01 Å². The topological polar surface area (TPSA) is 97.6 Å². The number of morpholine rings is 1. The first-order valence-corrected chi connectivity index (χ1v) is 9.85. The molecule has 3 rings (SSSR count). The number of nitrogens with zero attached hydrogens (tertiary/aromatic N) is 2. The lowest BCUT2D eigenvalue weighted by Gasteiger charge is -2.35. The van der Waals surface area contributed by atoms with Gasteiger partial charge < -0.3 is 20.7 Å². The van der Waals surface area contributed by atoms with Gasteiger partial charge >= 0.3 is 0 Å². The van der Waals surface area contributed by atoms with Crippen LogP contribution in [-0.2, 0) is 11.2 Å². The number of carbonyl (C=O) groups excluding carboxylic acids is 2. The first-order chi connectivity index (χ1) is 13.0. The smallest absolute Gasteiger partial charge is 0.275 e. The number of carbonyl (C=O) groups is 2. The van der Waals surface area contributed by atoms with Crippen LogP contribution in [0.25, 0.3) is 0 Å². The molecule has 0 radical (unpaired) electrons. The van der Waals surface area contributed by atoms with Crippen LogP contribution in [0.1, 0.15) is 39.7 Å². The van der Waals surface area contributed by atoms with Gasteiger partial charge in [-0.25, -0.2) is 4.98 Å². The van der Waals surface area contributed by atoms with Crippen molar-refractivity contribution in [3.63, 3.8) is 0 Å². The van der Waals surface area contributed by atoms with Gasteiger partial charge in [-0.05, 0) is 44.7 Å². The maximum Gasteiger partial charge on any atom is 0.275 e. The summed E-state index contributed by atoms with van der Waals surface area (Å²) in [5, 5.41) is 5.37. The van der Waals surface area contributed by atoms with Gasteiger partial charge in [0, 0.05) is 36.1 Å². The molecule has 1 aromatic heterocycles. The van der Waals surface area contributed by atoms with Crippen molar-refractivity contribution in [1.82, 2.24) is 9.88 Å². The highest BCUT2D eigenvalue weighted by Gasteiger charge is 2.26. The molecule has 2 atom stereocenters. The van der Waals surface area contributed by atoms with Crippen LogP contribution in [-0.4, -0.2) is 53.5 Å². The van der Waals surface area contributed by atoms with Crippen LogP contribution in [0.2, 0.25) is 0 Å². The maximum absolute atomic E-state index is 12.7. The van der Waals surface area contributed by atoms with Gasteiger partial charge in [-0.15, -0.1) is 11.3 Å². The Morgan fingerprint density at radius 2 is 1.93 bits per heavy atom. The molecule has 144 valence electrons. The largest absolute Gasteiger partial charge is 0.372 e. The fourth-order valence-corrected chi connectivity index (χ4v) is 3.87. The summed E-state index contributed by atoms with van der Waals surface area (Å²) in [6.07, 6.45) is 0.713. The van der Waals surface area contributed by atoms with Crippen molar-refractivity contribution in [2.24, 2.45) is 5.73 Å². The number of amides is 2. The van der Waals surface area contributed by atoms with Crippen LogP contribution < -0.4 is 11.1 Å². The molecule has 1 aliphatic heterocycles. The Labute approximate surface area is 162 Å². The van der Waals surface area contributed by atoms with E-state index < -0.39 is 0 Å². The molecule has 8 heteroatoms. The Morgan fingerprint density at radius 3 is 2.56 bits per heavy atom. The van der Waals surface area contributed by atoms with Gasteiger partial charge in [-0.2, -0.15) is 0 Å². The lowest BCUT2D eigenvalue weighted by Crippen LogP contribution is -2.48. The second-order valence-electron chi connectivity index (χ2n) is 6.66. The number of nitrogens with two attached hydrogens (primary N) is 1. The molecule has 2 amide bonds. The zero-order valence-corrected chi connectivity index (χ0v) is 16.3. The van der Waals surface area contributed by atoms with Crippen LogP contribution in [0.4, 0.5) is 5.69 Å². The fraction of sp³-hybridized carbons (Fsp3) is 0.421. The highest BCUT2D eigenvalue weighted by atomic mass is 32.1. The molecule has 3 N–H and O–H groups in total.